The number of likely N-dealkylation sites (N-methyl/N-ethyl adjacent to an activating group) is 1. The number of carbonyl (C=O) groups is 1. The van der Waals surface area contributed by atoms with Crippen molar-refractivity contribution >= 4 is 5.91 Å². The summed E-state index contributed by atoms with van der Waals surface area (Å²) in [5.41, 5.74) is 6.17. The van der Waals surface area contributed by atoms with Gasteiger partial charge in [0.15, 0.2) is 0 Å². The molecule has 5 nitrogen and oxygen atoms in total. The Balaban J connectivity index is 2.20. The number of hydrogen-bond donors (Lipinski definition) is 3. The van der Waals surface area contributed by atoms with Crippen molar-refractivity contribution in [2.45, 2.75) is 37.8 Å². The summed E-state index contributed by atoms with van der Waals surface area (Å²) in [6.07, 6.45) is 3.94. The van der Waals surface area contributed by atoms with Gasteiger partial charge in [0, 0.05) is 19.1 Å². The summed E-state index contributed by atoms with van der Waals surface area (Å²) in [7, 11) is 1.70. The molecule has 1 amide bonds. The smallest absolute Gasteiger partial charge is 0.257 e. The molecule has 1 fully saturated rings. The van der Waals surface area contributed by atoms with Crippen molar-refractivity contribution in [2.75, 3.05) is 7.05 Å². The topological polar surface area (TPSA) is 86.8 Å². The molecule has 2 rings (SSSR count). The molecule has 1 aromatic rings. The minimum absolute atomic E-state index is 0.0111. The highest BCUT2D eigenvalue weighted by atomic mass is 16.3. The van der Waals surface area contributed by atoms with Crippen molar-refractivity contribution in [1.29, 1.82) is 0 Å². The average Bonchev–Trinajstić information content (AvgIpc) is 2.40. The maximum absolute atomic E-state index is 12.4. The van der Waals surface area contributed by atoms with Crippen molar-refractivity contribution in [2.24, 2.45) is 5.73 Å². The molecule has 0 radical (unpaired) electrons. The molecule has 19 heavy (non-hydrogen) atoms. The molecule has 1 aliphatic rings. The van der Waals surface area contributed by atoms with E-state index in [0.29, 0.717) is 0 Å². The molecule has 104 valence electrons. The molecule has 2 atom stereocenters. The summed E-state index contributed by atoms with van der Waals surface area (Å²) in [5.74, 6) is -0.475. The second kappa shape index (κ2) is 5.48. The lowest BCUT2D eigenvalue weighted by Gasteiger charge is -2.36. The van der Waals surface area contributed by atoms with E-state index in [4.69, 9.17) is 5.73 Å². The number of phenolic OH excluding ortho intramolecular Hbond substituents is 2. The maximum atomic E-state index is 12.4. The predicted molar refractivity (Wildman–Crippen MR) is 72.1 cm³/mol. The second-order valence-corrected chi connectivity index (χ2v) is 5.13. The lowest BCUT2D eigenvalue weighted by atomic mass is 9.89. The van der Waals surface area contributed by atoms with Crippen LogP contribution in [0.2, 0.25) is 0 Å². The molecule has 0 bridgehead atoms. The number of benzene rings is 1. The fraction of sp³-hybridized carbons (Fsp3) is 0.500. The molecule has 1 aliphatic carbocycles. The Labute approximate surface area is 112 Å². The van der Waals surface area contributed by atoms with Crippen LogP contribution in [0.4, 0.5) is 0 Å². The largest absolute Gasteiger partial charge is 0.508 e. The van der Waals surface area contributed by atoms with Crippen LogP contribution in [-0.2, 0) is 0 Å². The summed E-state index contributed by atoms with van der Waals surface area (Å²) in [6, 6.07) is 3.91. The van der Waals surface area contributed by atoms with Crippen LogP contribution in [0, 0.1) is 0 Å². The average molecular weight is 264 g/mol. The Hall–Kier alpha value is -1.75. The van der Waals surface area contributed by atoms with Crippen molar-refractivity contribution < 1.29 is 15.0 Å². The zero-order valence-electron chi connectivity index (χ0n) is 11.0. The van der Waals surface area contributed by atoms with E-state index in [1.54, 1.807) is 11.9 Å². The van der Waals surface area contributed by atoms with E-state index >= 15 is 0 Å². The summed E-state index contributed by atoms with van der Waals surface area (Å²) < 4.78 is 0. The number of aromatic hydroxyl groups is 2. The Morgan fingerprint density at radius 3 is 2.68 bits per heavy atom. The highest BCUT2D eigenvalue weighted by Crippen LogP contribution is 2.27. The Bertz CT molecular complexity index is 476. The third kappa shape index (κ3) is 2.81. The first-order chi connectivity index (χ1) is 9.00. The van der Waals surface area contributed by atoms with Gasteiger partial charge in [0.05, 0.1) is 5.56 Å². The lowest BCUT2D eigenvalue weighted by molar-refractivity contribution is 0.0668. The van der Waals surface area contributed by atoms with Crippen LogP contribution in [0.1, 0.15) is 36.0 Å². The fourth-order valence-corrected chi connectivity index (χ4v) is 2.66. The maximum Gasteiger partial charge on any atom is 0.257 e. The van der Waals surface area contributed by atoms with Crippen LogP contribution in [0.25, 0.3) is 0 Å². The molecule has 4 N–H and O–H groups in total. The molecular weight excluding hydrogens is 244 g/mol. The van der Waals surface area contributed by atoms with Gasteiger partial charge in [-0.3, -0.25) is 4.79 Å². The first-order valence-corrected chi connectivity index (χ1v) is 6.55. The first kappa shape index (κ1) is 13.7. The number of hydrogen-bond acceptors (Lipinski definition) is 4. The van der Waals surface area contributed by atoms with Crippen LogP contribution in [0.15, 0.2) is 18.2 Å². The van der Waals surface area contributed by atoms with Gasteiger partial charge in [-0.15, -0.1) is 0 Å². The van der Waals surface area contributed by atoms with E-state index in [1.165, 1.54) is 18.2 Å². The minimum Gasteiger partial charge on any atom is -0.508 e. The van der Waals surface area contributed by atoms with Crippen LogP contribution >= 0.6 is 0 Å². The standard InChI is InChI=1S/C14H20N2O3/c1-16(12-5-3-2-4-11(12)15)14(19)10-8-9(17)6-7-13(10)18/h6-8,11-12,17-18H,2-5,15H2,1H3. The quantitative estimate of drug-likeness (QED) is 0.705. The summed E-state index contributed by atoms with van der Waals surface area (Å²) >= 11 is 0. The number of phenols is 2. The van der Waals surface area contributed by atoms with Crippen molar-refractivity contribution in [3.63, 3.8) is 0 Å². The Kier molecular flexibility index (Phi) is 3.95. The van der Waals surface area contributed by atoms with Gasteiger partial charge in [-0.1, -0.05) is 12.8 Å². The summed E-state index contributed by atoms with van der Waals surface area (Å²) in [4.78, 5) is 13.9. The Morgan fingerprint density at radius 1 is 1.32 bits per heavy atom. The van der Waals surface area contributed by atoms with Crippen LogP contribution in [0.5, 0.6) is 11.5 Å². The fourth-order valence-electron chi connectivity index (χ4n) is 2.66. The molecule has 1 aromatic carbocycles. The number of amides is 1. The van der Waals surface area contributed by atoms with Crippen molar-refractivity contribution in [3.05, 3.63) is 23.8 Å². The van der Waals surface area contributed by atoms with Crippen LogP contribution < -0.4 is 5.73 Å². The van der Waals surface area contributed by atoms with E-state index in [-0.39, 0.29) is 35.1 Å². The van der Waals surface area contributed by atoms with E-state index in [1.807, 2.05) is 0 Å². The van der Waals surface area contributed by atoms with E-state index in [0.717, 1.165) is 25.7 Å². The number of nitrogens with two attached hydrogens (primary N) is 1. The van der Waals surface area contributed by atoms with Gasteiger partial charge in [0.2, 0.25) is 0 Å². The minimum atomic E-state index is -0.309. The zero-order chi connectivity index (χ0) is 14.0. The van der Waals surface area contributed by atoms with Gasteiger partial charge >= 0.3 is 0 Å². The van der Waals surface area contributed by atoms with Gasteiger partial charge in [0.1, 0.15) is 11.5 Å². The van der Waals surface area contributed by atoms with E-state index < -0.39 is 0 Å². The zero-order valence-corrected chi connectivity index (χ0v) is 11.0. The van der Waals surface area contributed by atoms with Crippen molar-refractivity contribution in [1.82, 2.24) is 4.90 Å². The molecule has 0 aliphatic heterocycles. The Morgan fingerprint density at radius 2 is 2.00 bits per heavy atom. The second-order valence-electron chi connectivity index (χ2n) is 5.13. The van der Waals surface area contributed by atoms with E-state index in [9.17, 15) is 15.0 Å². The molecule has 0 aromatic heterocycles. The summed E-state index contributed by atoms with van der Waals surface area (Å²) in [6.45, 7) is 0. The van der Waals surface area contributed by atoms with E-state index in [2.05, 4.69) is 0 Å². The van der Waals surface area contributed by atoms with Gasteiger partial charge in [-0.05, 0) is 31.0 Å². The number of nitrogens with zero attached hydrogens (tertiary/aromatic N) is 1. The highest BCUT2D eigenvalue weighted by molar-refractivity contribution is 5.97. The van der Waals surface area contributed by atoms with Crippen LogP contribution in [-0.4, -0.2) is 40.2 Å². The third-order valence-corrected chi connectivity index (χ3v) is 3.81. The monoisotopic (exact) mass is 264 g/mol. The number of carbonyl (C=O) groups excluding carboxylic acids is 1. The first-order valence-electron chi connectivity index (χ1n) is 6.55. The normalized spacial score (nSPS) is 23.1. The molecule has 1 saturated carbocycles. The lowest BCUT2D eigenvalue weighted by Crippen LogP contribution is -2.50. The van der Waals surface area contributed by atoms with Crippen molar-refractivity contribution in [3.8, 4) is 11.5 Å². The molecule has 2 unspecified atom stereocenters. The van der Waals surface area contributed by atoms with Gasteiger partial charge in [0.25, 0.3) is 5.91 Å². The van der Waals surface area contributed by atoms with Crippen LogP contribution in [0.3, 0.4) is 0 Å². The molecular formula is C14H20N2O3. The molecule has 5 heteroatoms. The highest BCUT2D eigenvalue weighted by Gasteiger charge is 2.29. The van der Waals surface area contributed by atoms with Gasteiger partial charge in [-0.25, -0.2) is 0 Å². The third-order valence-electron chi connectivity index (χ3n) is 3.81. The predicted octanol–water partition coefficient (Wildman–Crippen LogP) is 1.44. The number of rotatable bonds is 2. The SMILES string of the molecule is CN(C(=O)c1cc(O)ccc1O)C1CCCCC1N. The summed E-state index contributed by atoms with van der Waals surface area (Å²) in [5, 5.41) is 19.2. The molecule has 0 saturated heterocycles. The molecule has 0 spiro atoms. The molecule has 0 heterocycles. The van der Waals surface area contributed by atoms with Gasteiger partial charge in [-0.2, -0.15) is 0 Å². The van der Waals surface area contributed by atoms with Gasteiger partial charge < -0.3 is 20.8 Å².